The van der Waals surface area contributed by atoms with Gasteiger partial charge in [-0.2, -0.15) is 0 Å². The Morgan fingerprint density at radius 2 is 2.25 bits per heavy atom. The van der Waals surface area contributed by atoms with Gasteiger partial charge in [0.15, 0.2) is 11.6 Å². The van der Waals surface area contributed by atoms with Gasteiger partial charge in [-0.15, -0.1) is 0 Å². The largest absolute Gasteiger partial charge is 0.378 e. The van der Waals surface area contributed by atoms with Crippen molar-refractivity contribution in [2.24, 2.45) is 0 Å². The van der Waals surface area contributed by atoms with Crippen molar-refractivity contribution in [3.8, 4) is 0 Å². The quantitative estimate of drug-likeness (QED) is 0.727. The fourth-order valence-electron chi connectivity index (χ4n) is 1.81. The lowest BCUT2D eigenvalue weighted by molar-refractivity contribution is 0.0852. The summed E-state index contributed by atoms with van der Waals surface area (Å²) in [4.78, 5) is 19.8. The van der Waals surface area contributed by atoms with Crippen molar-refractivity contribution in [3.63, 3.8) is 0 Å². The molecule has 0 N–H and O–H groups in total. The number of aromatic nitrogens is 2. The number of hydrogen-bond donors (Lipinski definition) is 0. The van der Waals surface area contributed by atoms with Crippen molar-refractivity contribution in [2.45, 2.75) is 38.7 Å². The van der Waals surface area contributed by atoms with Crippen molar-refractivity contribution in [2.75, 3.05) is 6.61 Å². The maximum atomic E-state index is 11.7. The van der Waals surface area contributed by atoms with Gasteiger partial charge in [0.05, 0.1) is 6.10 Å². The molecule has 0 spiro atoms. The Bertz CT molecular complexity index is 356. The third kappa shape index (κ3) is 2.85. The van der Waals surface area contributed by atoms with Crippen molar-refractivity contribution in [1.29, 1.82) is 0 Å². The first kappa shape index (κ1) is 11.2. The molecule has 1 aliphatic heterocycles. The molecule has 0 saturated carbocycles. The van der Waals surface area contributed by atoms with Gasteiger partial charge in [-0.05, 0) is 31.7 Å². The van der Waals surface area contributed by atoms with E-state index in [1.807, 2.05) is 6.92 Å². The Kier molecular flexibility index (Phi) is 3.62. The summed E-state index contributed by atoms with van der Waals surface area (Å²) < 4.78 is 5.47. The minimum Gasteiger partial charge on any atom is -0.378 e. The molecule has 0 aliphatic carbocycles. The molecule has 1 unspecified atom stereocenters. The van der Waals surface area contributed by atoms with Crippen LogP contribution in [0.25, 0.3) is 0 Å². The van der Waals surface area contributed by atoms with Crippen LogP contribution in [0.15, 0.2) is 12.4 Å². The van der Waals surface area contributed by atoms with Gasteiger partial charge in [-0.3, -0.25) is 4.79 Å². The molecule has 2 heterocycles. The SMILES string of the molecule is Cc1cnc(C(=O)CCC2CCCO2)nc1. The molecule has 2 rings (SSSR count). The third-order valence-electron chi connectivity index (χ3n) is 2.75. The van der Waals surface area contributed by atoms with E-state index in [0.29, 0.717) is 12.2 Å². The van der Waals surface area contributed by atoms with Gasteiger partial charge in [0, 0.05) is 25.4 Å². The standard InChI is InChI=1S/C12H16N2O2/c1-9-7-13-12(14-8-9)11(15)5-4-10-3-2-6-16-10/h7-8,10H,2-6H2,1H3. The molecule has 86 valence electrons. The summed E-state index contributed by atoms with van der Waals surface area (Å²) in [6, 6.07) is 0. The molecule has 4 nitrogen and oxygen atoms in total. The Labute approximate surface area is 95.1 Å². The van der Waals surface area contributed by atoms with Crippen LogP contribution in [0, 0.1) is 6.92 Å². The van der Waals surface area contributed by atoms with E-state index < -0.39 is 0 Å². The zero-order chi connectivity index (χ0) is 11.4. The number of rotatable bonds is 4. The second kappa shape index (κ2) is 5.16. The van der Waals surface area contributed by atoms with Crippen LogP contribution >= 0.6 is 0 Å². The van der Waals surface area contributed by atoms with Crippen LogP contribution in [0.1, 0.15) is 41.9 Å². The predicted molar refractivity (Wildman–Crippen MR) is 59.3 cm³/mol. The first-order chi connectivity index (χ1) is 7.75. The van der Waals surface area contributed by atoms with E-state index in [4.69, 9.17) is 4.74 Å². The van der Waals surface area contributed by atoms with Crippen LogP contribution in [0.3, 0.4) is 0 Å². The Morgan fingerprint density at radius 1 is 1.50 bits per heavy atom. The fourth-order valence-corrected chi connectivity index (χ4v) is 1.81. The van der Waals surface area contributed by atoms with Gasteiger partial charge >= 0.3 is 0 Å². The lowest BCUT2D eigenvalue weighted by atomic mass is 10.1. The van der Waals surface area contributed by atoms with Crippen LogP contribution in [0.4, 0.5) is 0 Å². The van der Waals surface area contributed by atoms with Crippen LogP contribution in [-0.4, -0.2) is 28.5 Å². The summed E-state index contributed by atoms with van der Waals surface area (Å²) in [5.41, 5.74) is 0.968. The van der Waals surface area contributed by atoms with Crippen molar-refractivity contribution in [3.05, 3.63) is 23.8 Å². The topological polar surface area (TPSA) is 52.1 Å². The Hall–Kier alpha value is -1.29. The van der Waals surface area contributed by atoms with Crippen molar-refractivity contribution in [1.82, 2.24) is 9.97 Å². The van der Waals surface area contributed by atoms with E-state index in [1.54, 1.807) is 12.4 Å². The first-order valence-electron chi connectivity index (χ1n) is 5.69. The molecule has 1 atom stereocenters. The van der Waals surface area contributed by atoms with Crippen LogP contribution in [-0.2, 0) is 4.74 Å². The molecule has 1 aromatic heterocycles. The highest BCUT2D eigenvalue weighted by Crippen LogP contribution is 2.17. The number of ketones is 1. The molecule has 0 amide bonds. The van der Waals surface area contributed by atoms with Gasteiger partial charge in [-0.25, -0.2) is 9.97 Å². The highest BCUT2D eigenvalue weighted by atomic mass is 16.5. The summed E-state index contributed by atoms with van der Waals surface area (Å²) in [5.74, 6) is 0.332. The highest BCUT2D eigenvalue weighted by molar-refractivity contribution is 5.92. The van der Waals surface area contributed by atoms with E-state index in [1.165, 1.54) is 0 Å². The van der Waals surface area contributed by atoms with Gasteiger partial charge in [0.1, 0.15) is 0 Å². The van der Waals surface area contributed by atoms with Crippen LogP contribution in [0.5, 0.6) is 0 Å². The monoisotopic (exact) mass is 220 g/mol. The van der Waals surface area contributed by atoms with E-state index >= 15 is 0 Å². The summed E-state index contributed by atoms with van der Waals surface area (Å²) in [6.07, 6.45) is 7.05. The fraction of sp³-hybridized carbons (Fsp3) is 0.583. The second-order valence-corrected chi connectivity index (χ2v) is 4.18. The average molecular weight is 220 g/mol. The van der Waals surface area contributed by atoms with E-state index in [-0.39, 0.29) is 11.9 Å². The molecule has 16 heavy (non-hydrogen) atoms. The van der Waals surface area contributed by atoms with Crippen molar-refractivity contribution >= 4 is 5.78 Å². The maximum Gasteiger partial charge on any atom is 0.200 e. The van der Waals surface area contributed by atoms with Gasteiger partial charge < -0.3 is 4.74 Å². The number of aryl methyl sites for hydroxylation is 1. The van der Waals surface area contributed by atoms with E-state index in [0.717, 1.165) is 31.4 Å². The number of nitrogens with zero attached hydrogens (tertiary/aromatic N) is 2. The van der Waals surface area contributed by atoms with E-state index in [2.05, 4.69) is 9.97 Å². The van der Waals surface area contributed by atoms with Gasteiger partial charge in [0.25, 0.3) is 0 Å². The number of ether oxygens (including phenoxy) is 1. The summed E-state index contributed by atoms with van der Waals surface area (Å²) in [6.45, 7) is 2.74. The summed E-state index contributed by atoms with van der Waals surface area (Å²) in [5, 5.41) is 0. The summed E-state index contributed by atoms with van der Waals surface area (Å²) in [7, 11) is 0. The number of hydrogen-bond acceptors (Lipinski definition) is 4. The number of carbonyl (C=O) groups excluding carboxylic acids is 1. The Morgan fingerprint density at radius 3 is 2.88 bits per heavy atom. The molecular weight excluding hydrogens is 204 g/mol. The minimum absolute atomic E-state index is 0.00972. The van der Waals surface area contributed by atoms with Gasteiger partial charge in [0.2, 0.25) is 0 Å². The lowest BCUT2D eigenvalue weighted by Gasteiger charge is -2.07. The zero-order valence-electron chi connectivity index (χ0n) is 9.48. The molecule has 4 heteroatoms. The third-order valence-corrected chi connectivity index (χ3v) is 2.75. The normalized spacial score (nSPS) is 19.9. The molecule has 1 saturated heterocycles. The van der Waals surface area contributed by atoms with Crippen LogP contribution < -0.4 is 0 Å². The van der Waals surface area contributed by atoms with E-state index in [9.17, 15) is 4.79 Å². The zero-order valence-corrected chi connectivity index (χ0v) is 9.48. The minimum atomic E-state index is 0.00972. The predicted octanol–water partition coefficient (Wildman–Crippen LogP) is 1.93. The number of Topliss-reactive ketones (excluding diaryl/α,β-unsaturated/α-hetero) is 1. The molecule has 1 aromatic rings. The summed E-state index contributed by atoms with van der Waals surface area (Å²) >= 11 is 0. The molecular formula is C12H16N2O2. The van der Waals surface area contributed by atoms with Gasteiger partial charge in [-0.1, -0.05) is 0 Å². The number of carbonyl (C=O) groups is 1. The maximum absolute atomic E-state index is 11.7. The first-order valence-corrected chi connectivity index (χ1v) is 5.69. The molecule has 0 bridgehead atoms. The Balaban J connectivity index is 1.85. The van der Waals surface area contributed by atoms with Crippen molar-refractivity contribution < 1.29 is 9.53 Å². The average Bonchev–Trinajstić information content (AvgIpc) is 2.80. The molecule has 1 aliphatic rings. The molecule has 1 fully saturated rings. The molecule has 0 radical (unpaired) electrons. The second-order valence-electron chi connectivity index (χ2n) is 4.18. The van der Waals surface area contributed by atoms with Crippen LogP contribution in [0.2, 0.25) is 0 Å². The highest BCUT2D eigenvalue weighted by Gasteiger charge is 2.18. The smallest absolute Gasteiger partial charge is 0.200 e. The lowest BCUT2D eigenvalue weighted by Crippen LogP contribution is -2.11. The molecule has 0 aromatic carbocycles.